The molecular weight excluding hydrogens is 375 g/mol. The molecule has 4 heterocycles. The molecule has 0 aromatic carbocycles. The fourth-order valence-corrected chi connectivity index (χ4v) is 3.66. The van der Waals surface area contributed by atoms with Crippen molar-refractivity contribution < 1.29 is 22.5 Å². The molecule has 1 atom stereocenters. The van der Waals surface area contributed by atoms with E-state index in [-0.39, 0.29) is 40.9 Å². The number of halogens is 3. The Bertz CT molecular complexity index is 1040. The molecule has 0 unspecified atom stereocenters. The summed E-state index contributed by atoms with van der Waals surface area (Å²) in [6.07, 6.45) is -0.135. The average Bonchev–Trinajstić information content (AvgIpc) is 3.26. The number of carbonyl (C=O) groups is 1. The van der Waals surface area contributed by atoms with Crippen LogP contribution in [0.15, 0.2) is 23.0 Å². The summed E-state index contributed by atoms with van der Waals surface area (Å²) in [5.74, 6) is -0.504. The summed E-state index contributed by atoms with van der Waals surface area (Å²) in [7, 11) is 1.72. The maximum absolute atomic E-state index is 13.6. The van der Waals surface area contributed by atoms with Gasteiger partial charge in [-0.25, -0.2) is 4.98 Å². The van der Waals surface area contributed by atoms with Gasteiger partial charge in [0.1, 0.15) is 0 Å². The zero-order valence-corrected chi connectivity index (χ0v) is 15.3. The number of rotatable bonds is 2. The molecule has 1 amide bonds. The number of hydrogen-bond donors (Lipinski definition) is 0. The standard InChI is InChI=1S/C18H18F3N5O2/c1-10-15-13(18(19,20)21)6-14(23-16(15)28-24-10)11-4-3-5-26(9-11)17(27)12-7-22-25(2)8-12/h6-8,11H,3-5,9H2,1-2H3/t11-/m0/s1. The predicted molar refractivity (Wildman–Crippen MR) is 92.6 cm³/mol. The van der Waals surface area contributed by atoms with Gasteiger partial charge in [-0.2, -0.15) is 18.3 Å². The maximum atomic E-state index is 13.6. The van der Waals surface area contributed by atoms with Gasteiger partial charge >= 0.3 is 6.18 Å². The van der Waals surface area contributed by atoms with Crippen LogP contribution < -0.4 is 0 Å². The first-order chi connectivity index (χ1) is 13.2. The second-order valence-corrected chi connectivity index (χ2v) is 7.03. The fraction of sp³-hybridized carbons (Fsp3) is 0.444. The molecule has 0 N–H and O–H groups in total. The molecule has 0 radical (unpaired) electrons. The van der Waals surface area contributed by atoms with E-state index in [2.05, 4.69) is 15.2 Å². The molecule has 10 heteroatoms. The number of pyridine rings is 1. The SMILES string of the molecule is Cc1noc2nc([C@H]3CCCN(C(=O)c4cnn(C)c4)C3)cc(C(F)(F)F)c12. The smallest absolute Gasteiger partial charge is 0.338 e. The first-order valence-electron chi connectivity index (χ1n) is 8.86. The lowest BCUT2D eigenvalue weighted by atomic mass is 9.92. The number of aryl methyl sites for hydroxylation is 2. The Hall–Kier alpha value is -2.91. The summed E-state index contributed by atoms with van der Waals surface area (Å²) >= 11 is 0. The maximum Gasteiger partial charge on any atom is 0.417 e. The number of nitrogens with zero attached hydrogens (tertiary/aromatic N) is 5. The van der Waals surface area contributed by atoms with E-state index in [0.29, 0.717) is 24.9 Å². The van der Waals surface area contributed by atoms with Gasteiger partial charge in [0.25, 0.3) is 11.6 Å². The molecular formula is C18H18F3N5O2. The van der Waals surface area contributed by atoms with Gasteiger partial charge in [0.15, 0.2) is 0 Å². The average molecular weight is 393 g/mol. The zero-order chi connectivity index (χ0) is 20.1. The number of amides is 1. The quantitative estimate of drug-likeness (QED) is 0.668. The number of piperidine rings is 1. The highest BCUT2D eigenvalue weighted by atomic mass is 19.4. The number of carbonyl (C=O) groups excluding carboxylic acids is 1. The van der Waals surface area contributed by atoms with Crippen molar-refractivity contribution in [1.82, 2.24) is 24.8 Å². The first-order valence-corrected chi connectivity index (χ1v) is 8.86. The van der Waals surface area contributed by atoms with Gasteiger partial charge < -0.3 is 9.42 Å². The van der Waals surface area contributed by atoms with Gasteiger partial charge in [0.2, 0.25) is 0 Å². The summed E-state index contributed by atoms with van der Waals surface area (Å²) in [6, 6.07) is 1.06. The minimum Gasteiger partial charge on any atom is -0.338 e. The van der Waals surface area contributed by atoms with E-state index in [1.807, 2.05) is 0 Å². The number of likely N-dealkylation sites (tertiary alicyclic amines) is 1. The van der Waals surface area contributed by atoms with E-state index < -0.39 is 11.7 Å². The van der Waals surface area contributed by atoms with Crippen molar-refractivity contribution in [2.45, 2.75) is 31.9 Å². The van der Waals surface area contributed by atoms with Crippen LogP contribution in [0.25, 0.3) is 11.1 Å². The van der Waals surface area contributed by atoms with Crippen LogP contribution in [-0.4, -0.2) is 43.8 Å². The molecule has 1 aliphatic rings. The van der Waals surface area contributed by atoms with Gasteiger partial charge in [0, 0.05) is 32.3 Å². The van der Waals surface area contributed by atoms with Crippen LogP contribution in [0.3, 0.4) is 0 Å². The molecule has 7 nitrogen and oxygen atoms in total. The molecule has 1 aliphatic heterocycles. The van der Waals surface area contributed by atoms with Crippen molar-refractivity contribution in [3.05, 3.63) is 41.0 Å². The van der Waals surface area contributed by atoms with Crippen LogP contribution in [0.2, 0.25) is 0 Å². The van der Waals surface area contributed by atoms with Crippen LogP contribution in [0, 0.1) is 6.92 Å². The summed E-state index contributed by atoms with van der Waals surface area (Å²) in [4.78, 5) is 18.6. The van der Waals surface area contributed by atoms with E-state index in [1.54, 1.807) is 18.1 Å². The minimum absolute atomic E-state index is 0.115. The summed E-state index contributed by atoms with van der Waals surface area (Å²) in [5.41, 5.74) is -0.0635. The Morgan fingerprint density at radius 1 is 1.36 bits per heavy atom. The third-order valence-corrected chi connectivity index (χ3v) is 5.02. The minimum atomic E-state index is -4.55. The Morgan fingerprint density at radius 3 is 2.82 bits per heavy atom. The van der Waals surface area contributed by atoms with Crippen molar-refractivity contribution >= 4 is 17.0 Å². The van der Waals surface area contributed by atoms with Gasteiger partial charge in [-0.05, 0) is 25.8 Å². The van der Waals surface area contributed by atoms with Crippen LogP contribution in [0.1, 0.15) is 46.1 Å². The van der Waals surface area contributed by atoms with Crippen LogP contribution in [0.4, 0.5) is 13.2 Å². The lowest BCUT2D eigenvalue weighted by Gasteiger charge is -2.32. The van der Waals surface area contributed by atoms with Crippen LogP contribution in [0.5, 0.6) is 0 Å². The Morgan fingerprint density at radius 2 is 2.14 bits per heavy atom. The second kappa shape index (κ2) is 6.61. The van der Waals surface area contributed by atoms with E-state index in [0.717, 1.165) is 6.07 Å². The Kier molecular flexibility index (Phi) is 4.35. The molecule has 0 aliphatic carbocycles. The zero-order valence-electron chi connectivity index (χ0n) is 15.3. The lowest BCUT2D eigenvalue weighted by molar-refractivity contribution is -0.136. The molecule has 0 bridgehead atoms. The summed E-state index contributed by atoms with van der Waals surface area (Å²) in [5, 5.41) is 7.51. The van der Waals surface area contributed by atoms with Crippen molar-refractivity contribution in [3.63, 3.8) is 0 Å². The van der Waals surface area contributed by atoms with E-state index in [9.17, 15) is 18.0 Å². The van der Waals surface area contributed by atoms with E-state index in [4.69, 9.17) is 4.52 Å². The van der Waals surface area contributed by atoms with E-state index >= 15 is 0 Å². The Labute approximate surface area is 158 Å². The van der Waals surface area contributed by atoms with Gasteiger partial charge in [0.05, 0.1) is 34.1 Å². The number of alkyl halides is 3. The number of aromatic nitrogens is 4. The Balaban J connectivity index is 1.67. The first kappa shape index (κ1) is 18.5. The normalized spacial score (nSPS) is 18.0. The van der Waals surface area contributed by atoms with Gasteiger partial charge in [-0.15, -0.1) is 0 Å². The molecule has 148 valence electrons. The van der Waals surface area contributed by atoms with Crippen molar-refractivity contribution in [3.8, 4) is 0 Å². The molecule has 4 rings (SSSR count). The molecule has 1 saturated heterocycles. The molecule has 28 heavy (non-hydrogen) atoms. The number of hydrogen-bond acceptors (Lipinski definition) is 5. The molecule has 3 aromatic rings. The molecule has 0 saturated carbocycles. The van der Waals surface area contributed by atoms with Crippen molar-refractivity contribution in [1.29, 1.82) is 0 Å². The van der Waals surface area contributed by atoms with Crippen molar-refractivity contribution in [2.24, 2.45) is 7.05 Å². The van der Waals surface area contributed by atoms with E-state index in [1.165, 1.54) is 17.8 Å². The third kappa shape index (κ3) is 3.23. The number of fused-ring (bicyclic) bond motifs is 1. The third-order valence-electron chi connectivity index (χ3n) is 5.02. The molecule has 1 fully saturated rings. The van der Waals surface area contributed by atoms with Crippen molar-refractivity contribution in [2.75, 3.05) is 13.1 Å². The molecule has 0 spiro atoms. The van der Waals surface area contributed by atoms with Gasteiger partial charge in [-0.3, -0.25) is 9.48 Å². The highest BCUT2D eigenvalue weighted by Crippen LogP contribution is 2.38. The van der Waals surface area contributed by atoms with Crippen LogP contribution >= 0.6 is 0 Å². The summed E-state index contributed by atoms with van der Waals surface area (Å²) in [6.45, 7) is 2.29. The van der Waals surface area contributed by atoms with Gasteiger partial charge in [-0.1, -0.05) is 5.16 Å². The largest absolute Gasteiger partial charge is 0.417 e. The monoisotopic (exact) mass is 393 g/mol. The highest BCUT2D eigenvalue weighted by Gasteiger charge is 2.37. The molecule has 3 aromatic heterocycles. The predicted octanol–water partition coefficient (Wildman–Crippen LogP) is 3.30. The fourth-order valence-electron chi connectivity index (χ4n) is 3.66. The lowest BCUT2D eigenvalue weighted by Crippen LogP contribution is -2.39. The highest BCUT2D eigenvalue weighted by molar-refractivity contribution is 5.93. The summed E-state index contributed by atoms with van der Waals surface area (Å²) < 4.78 is 47.3. The topological polar surface area (TPSA) is 77.1 Å². The second-order valence-electron chi connectivity index (χ2n) is 7.03. The van der Waals surface area contributed by atoms with Crippen LogP contribution in [-0.2, 0) is 13.2 Å².